The molecule has 1 rings (SSSR count). The SMILES string of the molecule is Fc1cccc(P)c1I. The molecule has 0 radical (unpaired) electrons. The van der Waals surface area contributed by atoms with Crippen molar-refractivity contribution in [3.8, 4) is 0 Å². The molecule has 1 aromatic carbocycles. The van der Waals surface area contributed by atoms with Gasteiger partial charge in [-0.05, 0) is 34.0 Å². The molecule has 1 aromatic rings. The maximum atomic E-state index is 12.6. The lowest BCUT2D eigenvalue weighted by molar-refractivity contribution is 0.622. The van der Waals surface area contributed by atoms with Gasteiger partial charge in [-0.1, -0.05) is 12.1 Å². The number of hydrogen-bond donors (Lipinski definition) is 0. The summed E-state index contributed by atoms with van der Waals surface area (Å²) in [6.07, 6.45) is 0. The highest BCUT2D eigenvalue weighted by Gasteiger charge is 1.97. The molecule has 1 unspecified atom stereocenters. The molecule has 0 bridgehead atoms. The molecule has 0 aliphatic rings. The highest BCUT2D eigenvalue weighted by Crippen LogP contribution is 2.08. The van der Waals surface area contributed by atoms with Crippen molar-refractivity contribution in [3.63, 3.8) is 0 Å². The van der Waals surface area contributed by atoms with Crippen molar-refractivity contribution >= 4 is 37.1 Å². The Labute approximate surface area is 69.2 Å². The Morgan fingerprint density at radius 3 is 2.56 bits per heavy atom. The minimum atomic E-state index is -0.150. The Hall–Kier alpha value is 0.310. The van der Waals surface area contributed by atoms with Gasteiger partial charge in [0.05, 0.1) is 3.57 Å². The largest absolute Gasteiger partial charge is 0.206 e. The summed E-state index contributed by atoms with van der Waals surface area (Å²) in [5.74, 6) is -0.150. The summed E-state index contributed by atoms with van der Waals surface area (Å²) in [6, 6.07) is 5.00. The highest BCUT2D eigenvalue weighted by molar-refractivity contribution is 14.1. The molecule has 0 fully saturated rings. The van der Waals surface area contributed by atoms with Crippen LogP contribution < -0.4 is 5.30 Å². The molecule has 0 aliphatic carbocycles. The first-order valence-electron chi connectivity index (χ1n) is 2.41. The second-order valence-corrected chi connectivity index (χ2v) is 3.34. The Balaban J connectivity index is 3.25. The minimum Gasteiger partial charge on any atom is -0.206 e. The van der Waals surface area contributed by atoms with Crippen LogP contribution in [0.1, 0.15) is 0 Å². The Bertz CT molecular complexity index is 204. The molecule has 9 heavy (non-hydrogen) atoms. The summed E-state index contributed by atoms with van der Waals surface area (Å²) in [6.45, 7) is 0. The third kappa shape index (κ3) is 1.62. The molecule has 0 amide bonds. The van der Waals surface area contributed by atoms with Crippen molar-refractivity contribution in [1.82, 2.24) is 0 Å². The van der Waals surface area contributed by atoms with Gasteiger partial charge in [0.15, 0.2) is 0 Å². The molecular weight excluding hydrogens is 249 g/mol. The predicted octanol–water partition coefficient (Wildman–Crippen LogP) is 1.93. The molecule has 1 atom stereocenters. The lowest BCUT2D eigenvalue weighted by atomic mass is 10.3. The summed E-state index contributed by atoms with van der Waals surface area (Å²) < 4.78 is 13.2. The number of rotatable bonds is 0. The lowest BCUT2D eigenvalue weighted by Crippen LogP contribution is -1.97. The van der Waals surface area contributed by atoms with Crippen LogP contribution in [0, 0.1) is 9.39 Å². The zero-order chi connectivity index (χ0) is 6.85. The van der Waals surface area contributed by atoms with Crippen molar-refractivity contribution in [1.29, 1.82) is 0 Å². The van der Waals surface area contributed by atoms with E-state index >= 15 is 0 Å². The van der Waals surface area contributed by atoms with Gasteiger partial charge in [0.2, 0.25) is 0 Å². The molecule has 0 nitrogen and oxygen atoms in total. The molecule has 0 aromatic heterocycles. The van der Waals surface area contributed by atoms with Gasteiger partial charge in [-0.3, -0.25) is 0 Å². The molecule has 0 N–H and O–H groups in total. The number of benzene rings is 1. The summed E-state index contributed by atoms with van der Waals surface area (Å²) in [5.41, 5.74) is 0. The van der Waals surface area contributed by atoms with Gasteiger partial charge >= 0.3 is 0 Å². The van der Waals surface area contributed by atoms with Crippen molar-refractivity contribution < 1.29 is 4.39 Å². The van der Waals surface area contributed by atoms with Gasteiger partial charge in [-0.15, -0.1) is 9.24 Å². The maximum Gasteiger partial charge on any atom is 0.137 e. The van der Waals surface area contributed by atoms with Gasteiger partial charge in [0.1, 0.15) is 5.82 Å². The average molecular weight is 254 g/mol. The summed E-state index contributed by atoms with van der Waals surface area (Å²) >= 11 is 1.97. The average Bonchev–Trinajstić information content (AvgIpc) is 1.83. The molecule has 0 heterocycles. The first-order valence-corrected chi connectivity index (χ1v) is 4.07. The Morgan fingerprint density at radius 2 is 2.11 bits per heavy atom. The van der Waals surface area contributed by atoms with E-state index in [1.165, 1.54) is 6.07 Å². The van der Waals surface area contributed by atoms with Gasteiger partial charge < -0.3 is 0 Å². The van der Waals surface area contributed by atoms with Crippen LogP contribution in [0.3, 0.4) is 0 Å². The smallest absolute Gasteiger partial charge is 0.137 e. The van der Waals surface area contributed by atoms with E-state index in [2.05, 4.69) is 9.24 Å². The first-order chi connectivity index (χ1) is 4.22. The van der Waals surface area contributed by atoms with Gasteiger partial charge in [-0.25, -0.2) is 4.39 Å². The number of halogens is 2. The normalized spacial score (nSPS) is 9.67. The first kappa shape index (κ1) is 7.42. The summed E-state index contributed by atoms with van der Waals surface area (Å²) in [4.78, 5) is 0. The molecule has 48 valence electrons. The van der Waals surface area contributed by atoms with Crippen LogP contribution >= 0.6 is 31.8 Å². The topological polar surface area (TPSA) is 0 Å². The fourth-order valence-electron chi connectivity index (χ4n) is 0.520. The molecule has 0 aliphatic heterocycles. The quantitative estimate of drug-likeness (QED) is 0.490. The minimum absolute atomic E-state index is 0.150. The highest BCUT2D eigenvalue weighted by atomic mass is 127. The fourth-order valence-corrected chi connectivity index (χ4v) is 1.13. The monoisotopic (exact) mass is 254 g/mol. The van der Waals surface area contributed by atoms with Crippen LogP contribution in [0.2, 0.25) is 0 Å². The predicted molar refractivity (Wildman–Crippen MR) is 48.5 cm³/mol. The van der Waals surface area contributed by atoms with Crippen LogP contribution in [-0.4, -0.2) is 0 Å². The van der Waals surface area contributed by atoms with E-state index in [0.29, 0.717) is 3.57 Å². The molecule has 0 saturated heterocycles. The van der Waals surface area contributed by atoms with Crippen LogP contribution in [-0.2, 0) is 0 Å². The standard InChI is InChI=1S/C6H5FIP/c7-4-2-1-3-5(9)6(4)8/h1-3H,9H2. The van der Waals surface area contributed by atoms with E-state index in [4.69, 9.17) is 0 Å². The van der Waals surface area contributed by atoms with Crippen LogP contribution in [0.25, 0.3) is 0 Å². The van der Waals surface area contributed by atoms with E-state index < -0.39 is 0 Å². The van der Waals surface area contributed by atoms with Crippen LogP contribution in [0.15, 0.2) is 18.2 Å². The Kier molecular flexibility index (Phi) is 2.42. The van der Waals surface area contributed by atoms with E-state index in [9.17, 15) is 4.39 Å². The van der Waals surface area contributed by atoms with Crippen molar-refractivity contribution in [2.24, 2.45) is 0 Å². The van der Waals surface area contributed by atoms with E-state index in [0.717, 1.165) is 5.30 Å². The van der Waals surface area contributed by atoms with Crippen LogP contribution in [0.4, 0.5) is 4.39 Å². The molecule has 3 heteroatoms. The maximum absolute atomic E-state index is 12.6. The second-order valence-electron chi connectivity index (χ2n) is 1.64. The van der Waals surface area contributed by atoms with Crippen molar-refractivity contribution in [2.45, 2.75) is 0 Å². The van der Waals surface area contributed by atoms with E-state index in [1.54, 1.807) is 6.07 Å². The van der Waals surface area contributed by atoms with Gasteiger partial charge in [-0.2, -0.15) is 0 Å². The third-order valence-corrected chi connectivity index (χ3v) is 3.19. The third-order valence-electron chi connectivity index (χ3n) is 0.981. The second kappa shape index (κ2) is 2.93. The fraction of sp³-hybridized carbons (Fsp3) is 0. The van der Waals surface area contributed by atoms with E-state index in [1.807, 2.05) is 28.7 Å². The van der Waals surface area contributed by atoms with Crippen LogP contribution in [0.5, 0.6) is 0 Å². The van der Waals surface area contributed by atoms with Crippen molar-refractivity contribution in [2.75, 3.05) is 0 Å². The van der Waals surface area contributed by atoms with Gasteiger partial charge in [0.25, 0.3) is 0 Å². The molecule has 0 saturated carbocycles. The summed E-state index contributed by atoms with van der Waals surface area (Å²) in [5, 5.41) is 0.913. The Morgan fingerprint density at radius 1 is 1.44 bits per heavy atom. The molecule has 0 spiro atoms. The van der Waals surface area contributed by atoms with Crippen molar-refractivity contribution in [3.05, 3.63) is 27.6 Å². The zero-order valence-corrected chi connectivity index (χ0v) is 7.88. The summed E-state index contributed by atoms with van der Waals surface area (Å²) in [7, 11) is 2.47. The zero-order valence-electron chi connectivity index (χ0n) is 4.57. The lowest BCUT2D eigenvalue weighted by Gasteiger charge is -1.95. The molecular formula is C6H5FIP. The van der Waals surface area contributed by atoms with E-state index in [-0.39, 0.29) is 5.82 Å². The number of hydrogen-bond acceptors (Lipinski definition) is 0. The van der Waals surface area contributed by atoms with Gasteiger partial charge in [0, 0.05) is 0 Å².